The van der Waals surface area contributed by atoms with Crippen LogP contribution in [0.5, 0.6) is 0 Å². The molecule has 2 nitrogen and oxygen atoms in total. The summed E-state index contributed by atoms with van der Waals surface area (Å²) in [5.74, 6) is 0. The molecule has 19 heavy (non-hydrogen) atoms. The quantitative estimate of drug-likeness (QED) is 0.816. The van der Waals surface area contributed by atoms with Crippen LogP contribution < -0.4 is 4.90 Å². The molecule has 0 atom stereocenters. The van der Waals surface area contributed by atoms with Crippen LogP contribution in [0.4, 0.5) is 18.9 Å². The van der Waals surface area contributed by atoms with E-state index >= 15 is 0 Å². The lowest BCUT2D eigenvalue weighted by Crippen LogP contribution is -2.46. The largest absolute Gasteiger partial charge is 0.416 e. The van der Waals surface area contributed by atoms with E-state index in [1.54, 1.807) is 6.92 Å². The Morgan fingerprint density at radius 2 is 1.68 bits per heavy atom. The van der Waals surface area contributed by atoms with Crippen molar-refractivity contribution >= 4 is 5.69 Å². The topological polar surface area (TPSA) is 6.48 Å². The highest BCUT2D eigenvalue weighted by Gasteiger charge is 2.31. The molecular weight excluding hydrogens is 253 g/mol. The van der Waals surface area contributed by atoms with Gasteiger partial charge in [-0.1, -0.05) is 6.92 Å². The van der Waals surface area contributed by atoms with Gasteiger partial charge in [-0.3, -0.25) is 0 Å². The lowest BCUT2D eigenvalue weighted by atomic mass is 10.1. The highest BCUT2D eigenvalue weighted by atomic mass is 19.4. The first-order chi connectivity index (χ1) is 8.90. The zero-order chi connectivity index (χ0) is 14.0. The molecule has 1 aromatic carbocycles. The zero-order valence-electron chi connectivity index (χ0n) is 11.3. The number of anilines is 1. The Kier molecular flexibility index (Phi) is 4.04. The Morgan fingerprint density at radius 3 is 2.21 bits per heavy atom. The van der Waals surface area contributed by atoms with E-state index in [-0.39, 0.29) is 0 Å². The maximum atomic E-state index is 12.8. The Hall–Kier alpha value is -1.23. The molecule has 0 spiro atoms. The van der Waals surface area contributed by atoms with Crippen molar-refractivity contribution in [3.05, 3.63) is 29.3 Å². The smallest absolute Gasteiger partial charge is 0.369 e. The van der Waals surface area contributed by atoms with Gasteiger partial charge < -0.3 is 9.80 Å². The second kappa shape index (κ2) is 5.41. The Morgan fingerprint density at radius 1 is 1.05 bits per heavy atom. The van der Waals surface area contributed by atoms with Crippen LogP contribution >= 0.6 is 0 Å². The Balaban J connectivity index is 2.19. The van der Waals surface area contributed by atoms with Crippen molar-refractivity contribution < 1.29 is 13.2 Å². The van der Waals surface area contributed by atoms with Gasteiger partial charge in [-0.2, -0.15) is 13.2 Å². The third kappa shape index (κ3) is 3.41. The van der Waals surface area contributed by atoms with Crippen LogP contribution in [0.1, 0.15) is 18.1 Å². The monoisotopic (exact) mass is 272 g/mol. The minimum absolute atomic E-state index is 0.555. The highest BCUT2D eigenvalue weighted by Crippen LogP contribution is 2.33. The minimum atomic E-state index is -4.27. The summed E-state index contributed by atoms with van der Waals surface area (Å²) in [6, 6.07) is 4.29. The molecule has 106 valence electrons. The summed E-state index contributed by atoms with van der Waals surface area (Å²) in [5.41, 5.74) is 0.784. The Labute approximate surface area is 111 Å². The number of benzene rings is 1. The van der Waals surface area contributed by atoms with Gasteiger partial charge in [0.25, 0.3) is 0 Å². The van der Waals surface area contributed by atoms with Crippen LogP contribution in [0.25, 0.3) is 0 Å². The van der Waals surface area contributed by atoms with E-state index in [1.807, 2.05) is 11.0 Å². The van der Waals surface area contributed by atoms with Gasteiger partial charge in [-0.05, 0) is 37.2 Å². The van der Waals surface area contributed by atoms with E-state index in [1.165, 1.54) is 12.1 Å². The number of halogens is 3. The molecule has 1 aliphatic heterocycles. The van der Waals surface area contributed by atoms with Gasteiger partial charge in [0, 0.05) is 31.9 Å². The number of hydrogen-bond donors (Lipinski definition) is 0. The van der Waals surface area contributed by atoms with E-state index in [9.17, 15) is 13.2 Å². The predicted molar refractivity (Wildman–Crippen MR) is 70.5 cm³/mol. The van der Waals surface area contributed by atoms with Gasteiger partial charge >= 0.3 is 6.18 Å². The third-order valence-electron chi connectivity index (χ3n) is 3.57. The number of rotatable bonds is 2. The molecule has 1 aliphatic rings. The minimum Gasteiger partial charge on any atom is -0.369 e. The molecule has 1 aromatic rings. The van der Waals surface area contributed by atoms with Crippen LogP contribution in [-0.2, 0) is 6.18 Å². The SMILES string of the molecule is CCN1CCN(c2cc(C)cc(C(F)(F)F)c2)CC1. The van der Waals surface area contributed by atoms with Crippen LogP contribution in [-0.4, -0.2) is 37.6 Å². The molecule has 1 saturated heterocycles. The first kappa shape index (κ1) is 14.2. The lowest BCUT2D eigenvalue weighted by Gasteiger charge is -2.35. The standard InChI is InChI=1S/C14H19F3N2/c1-3-18-4-6-19(7-5-18)13-9-11(2)8-12(10-13)14(15,16)17/h8-10H,3-7H2,1-2H3. The van der Waals surface area contributed by atoms with Crippen molar-refractivity contribution in [1.82, 2.24) is 4.90 Å². The fraction of sp³-hybridized carbons (Fsp3) is 0.571. The van der Waals surface area contributed by atoms with Crippen LogP contribution in [0.3, 0.4) is 0 Å². The molecule has 0 amide bonds. The number of likely N-dealkylation sites (N-methyl/N-ethyl adjacent to an activating group) is 1. The number of alkyl halides is 3. The summed E-state index contributed by atoms with van der Waals surface area (Å²) >= 11 is 0. The van der Waals surface area contributed by atoms with Crippen LogP contribution in [0.2, 0.25) is 0 Å². The molecule has 0 unspecified atom stereocenters. The molecule has 0 bridgehead atoms. The first-order valence-electron chi connectivity index (χ1n) is 6.56. The van der Waals surface area contributed by atoms with E-state index < -0.39 is 11.7 Å². The van der Waals surface area contributed by atoms with E-state index in [2.05, 4.69) is 11.8 Å². The molecule has 1 heterocycles. The van der Waals surface area contributed by atoms with Crippen molar-refractivity contribution in [2.75, 3.05) is 37.6 Å². The second-order valence-electron chi connectivity index (χ2n) is 4.98. The summed E-state index contributed by atoms with van der Waals surface area (Å²) in [6.07, 6.45) is -4.27. The van der Waals surface area contributed by atoms with Crippen molar-refractivity contribution in [3.63, 3.8) is 0 Å². The molecule has 0 aliphatic carbocycles. The first-order valence-corrected chi connectivity index (χ1v) is 6.56. The summed E-state index contributed by atoms with van der Waals surface area (Å²) in [5, 5.41) is 0. The highest BCUT2D eigenvalue weighted by molar-refractivity contribution is 5.52. The van der Waals surface area contributed by atoms with Crippen LogP contribution in [0.15, 0.2) is 18.2 Å². The van der Waals surface area contributed by atoms with Gasteiger partial charge in [0.2, 0.25) is 0 Å². The molecule has 5 heteroatoms. The number of hydrogen-bond acceptors (Lipinski definition) is 2. The fourth-order valence-electron chi connectivity index (χ4n) is 2.43. The summed E-state index contributed by atoms with van der Waals surface area (Å²) in [6.45, 7) is 8.20. The Bertz CT molecular complexity index is 435. The summed E-state index contributed by atoms with van der Waals surface area (Å²) in [7, 11) is 0. The molecule has 0 saturated carbocycles. The van der Waals surface area contributed by atoms with Gasteiger partial charge in [-0.25, -0.2) is 0 Å². The van der Waals surface area contributed by atoms with Gasteiger partial charge in [-0.15, -0.1) is 0 Å². The number of piperazine rings is 1. The van der Waals surface area contributed by atoms with Crippen molar-refractivity contribution in [2.45, 2.75) is 20.0 Å². The van der Waals surface area contributed by atoms with Crippen molar-refractivity contribution in [3.8, 4) is 0 Å². The zero-order valence-corrected chi connectivity index (χ0v) is 11.3. The number of aryl methyl sites for hydroxylation is 1. The molecule has 2 rings (SSSR count). The molecule has 0 N–H and O–H groups in total. The molecule has 0 aromatic heterocycles. The molecule has 0 radical (unpaired) electrons. The van der Waals surface area contributed by atoms with Crippen LogP contribution in [0, 0.1) is 6.92 Å². The normalized spacial score (nSPS) is 17.8. The summed E-state index contributed by atoms with van der Waals surface area (Å²) < 4.78 is 38.4. The van der Waals surface area contributed by atoms with E-state index in [0.717, 1.165) is 32.7 Å². The predicted octanol–water partition coefficient (Wildman–Crippen LogP) is 3.16. The third-order valence-corrected chi connectivity index (χ3v) is 3.57. The van der Waals surface area contributed by atoms with E-state index in [4.69, 9.17) is 0 Å². The second-order valence-corrected chi connectivity index (χ2v) is 4.98. The average molecular weight is 272 g/mol. The number of nitrogens with zero attached hydrogens (tertiary/aromatic N) is 2. The van der Waals surface area contributed by atoms with Gasteiger partial charge in [0.1, 0.15) is 0 Å². The fourth-order valence-corrected chi connectivity index (χ4v) is 2.43. The van der Waals surface area contributed by atoms with E-state index in [0.29, 0.717) is 11.3 Å². The summed E-state index contributed by atoms with van der Waals surface area (Å²) in [4.78, 5) is 4.34. The maximum absolute atomic E-state index is 12.8. The van der Waals surface area contributed by atoms with Gasteiger partial charge in [0.05, 0.1) is 5.56 Å². The van der Waals surface area contributed by atoms with Gasteiger partial charge in [0.15, 0.2) is 0 Å². The molecule has 1 fully saturated rings. The molecular formula is C14H19F3N2. The average Bonchev–Trinajstić information content (AvgIpc) is 2.37. The van der Waals surface area contributed by atoms with Crippen molar-refractivity contribution in [1.29, 1.82) is 0 Å². The van der Waals surface area contributed by atoms with Crippen molar-refractivity contribution in [2.24, 2.45) is 0 Å². The lowest BCUT2D eigenvalue weighted by molar-refractivity contribution is -0.137. The maximum Gasteiger partial charge on any atom is 0.416 e.